The number of rotatable bonds is 6. The standard InChI is InChI=1S/C20H26N2O5/c23-18(21-12-15-4-3-11-27-15)13-7-9-14(10-8-13)22-19(24)16-5-1-2-6-17(16)20(25)26/h7-10,15-17H,1-6,11-12H2,(H,21,23)(H,22,24)(H,25,26)/t15-,16+,17+/m1/s1. The molecule has 2 fully saturated rings. The molecule has 3 rings (SSSR count). The molecule has 27 heavy (non-hydrogen) atoms. The van der Waals surface area contributed by atoms with Crippen molar-refractivity contribution >= 4 is 23.5 Å². The first-order chi connectivity index (χ1) is 13.0. The third kappa shape index (κ3) is 5.07. The van der Waals surface area contributed by atoms with E-state index in [1.807, 2.05) is 0 Å². The topological polar surface area (TPSA) is 105 Å². The van der Waals surface area contributed by atoms with Crippen molar-refractivity contribution in [1.29, 1.82) is 0 Å². The number of carbonyl (C=O) groups excluding carboxylic acids is 2. The molecule has 3 atom stereocenters. The van der Waals surface area contributed by atoms with Gasteiger partial charge < -0.3 is 20.5 Å². The molecule has 1 aromatic rings. The SMILES string of the molecule is O=C(NC[C@H]1CCCO1)c1ccc(NC(=O)[C@H]2CCCC[C@@H]2C(=O)O)cc1. The quantitative estimate of drug-likeness (QED) is 0.709. The van der Waals surface area contributed by atoms with Gasteiger partial charge in [-0.15, -0.1) is 0 Å². The zero-order valence-electron chi connectivity index (χ0n) is 15.3. The number of hydrogen-bond donors (Lipinski definition) is 3. The number of aliphatic carboxylic acids is 1. The number of benzene rings is 1. The van der Waals surface area contributed by atoms with Gasteiger partial charge in [0.2, 0.25) is 5.91 Å². The third-order valence-corrected chi connectivity index (χ3v) is 5.35. The Morgan fingerprint density at radius 1 is 1.00 bits per heavy atom. The van der Waals surface area contributed by atoms with Gasteiger partial charge in [-0.1, -0.05) is 12.8 Å². The fourth-order valence-corrected chi connectivity index (χ4v) is 3.79. The molecule has 0 bridgehead atoms. The van der Waals surface area contributed by atoms with E-state index in [0.717, 1.165) is 32.3 Å². The lowest BCUT2D eigenvalue weighted by Gasteiger charge is -2.27. The molecule has 0 aromatic heterocycles. The highest BCUT2D eigenvalue weighted by molar-refractivity contribution is 5.97. The van der Waals surface area contributed by atoms with Crippen molar-refractivity contribution in [2.75, 3.05) is 18.5 Å². The number of amides is 2. The van der Waals surface area contributed by atoms with Crippen LogP contribution in [0.2, 0.25) is 0 Å². The second kappa shape index (κ2) is 8.99. The summed E-state index contributed by atoms with van der Waals surface area (Å²) >= 11 is 0. The molecule has 1 aromatic carbocycles. The maximum atomic E-state index is 12.5. The molecule has 1 saturated heterocycles. The first-order valence-corrected chi connectivity index (χ1v) is 9.58. The van der Waals surface area contributed by atoms with Gasteiger partial charge in [0.25, 0.3) is 5.91 Å². The van der Waals surface area contributed by atoms with E-state index in [1.54, 1.807) is 24.3 Å². The third-order valence-electron chi connectivity index (χ3n) is 5.35. The summed E-state index contributed by atoms with van der Waals surface area (Å²) in [6, 6.07) is 6.63. The first kappa shape index (κ1) is 19.4. The Morgan fingerprint density at radius 3 is 2.33 bits per heavy atom. The Hall–Kier alpha value is -2.41. The van der Waals surface area contributed by atoms with Crippen molar-refractivity contribution in [2.45, 2.75) is 44.6 Å². The molecule has 1 aliphatic carbocycles. The zero-order chi connectivity index (χ0) is 19.2. The molecule has 1 aliphatic heterocycles. The summed E-state index contributed by atoms with van der Waals surface area (Å²) in [6.45, 7) is 1.24. The summed E-state index contributed by atoms with van der Waals surface area (Å²) in [4.78, 5) is 36.0. The van der Waals surface area contributed by atoms with E-state index >= 15 is 0 Å². The van der Waals surface area contributed by atoms with Gasteiger partial charge in [-0.05, 0) is 49.9 Å². The van der Waals surface area contributed by atoms with Crippen molar-refractivity contribution < 1.29 is 24.2 Å². The van der Waals surface area contributed by atoms with Crippen LogP contribution in [-0.4, -0.2) is 42.1 Å². The molecule has 0 radical (unpaired) electrons. The molecule has 0 unspecified atom stereocenters. The van der Waals surface area contributed by atoms with E-state index in [0.29, 0.717) is 30.6 Å². The van der Waals surface area contributed by atoms with Crippen LogP contribution < -0.4 is 10.6 Å². The number of carbonyl (C=O) groups is 3. The molecule has 3 N–H and O–H groups in total. The molecule has 1 saturated carbocycles. The fourth-order valence-electron chi connectivity index (χ4n) is 3.79. The highest BCUT2D eigenvalue weighted by atomic mass is 16.5. The Bertz CT molecular complexity index is 682. The van der Waals surface area contributed by atoms with Gasteiger partial charge in [-0.2, -0.15) is 0 Å². The number of carboxylic acids is 1. The second-order valence-electron chi connectivity index (χ2n) is 7.25. The normalized spacial score (nSPS) is 25.0. The van der Waals surface area contributed by atoms with Crippen molar-refractivity contribution in [3.63, 3.8) is 0 Å². The minimum absolute atomic E-state index is 0.0881. The van der Waals surface area contributed by atoms with Crippen LogP contribution in [0.25, 0.3) is 0 Å². The first-order valence-electron chi connectivity index (χ1n) is 9.58. The number of anilines is 1. The van der Waals surface area contributed by atoms with Gasteiger partial charge in [0.05, 0.1) is 17.9 Å². The molecular weight excluding hydrogens is 348 g/mol. The van der Waals surface area contributed by atoms with Gasteiger partial charge >= 0.3 is 5.97 Å². The van der Waals surface area contributed by atoms with Gasteiger partial charge in [-0.25, -0.2) is 0 Å². The molecular formula is C20H26N2O5. The van der Waals surface area contributed by atoms with Gasteiger partial charge in [-0.3, -0.25) is 14.4 Å². The van der Waals surface area contributed by atoms with E-state index in [2.05, 4.69) is 10.6 Å². The average molecular weight is 374 g/mol. The van der Waals surface area contributed by atoms with E-state index in [-0.39, 0.29) is 17.9 Å². The van der Waals surface area contributed by atoms with E-state index in [9.17, 15) is 19.5 Å². The lowest BCUT2D eigenvalue weighted by molar-refractivity contribution is -0.147. The minimum atomic E-state index is -0.909. The Labute approximate surface area is 158 Å². The van der Waals surface area contributed by atoms with Crippen molar-refractivity contribution in [3.05, 3.63) is 29.8 Å². The van der Waals surface area contributed by atoms with Gasteiger partial charge in [0.15, 0.2) is 0 Å². The van der Waals surface area contributed by atoms with Crippen molar-refractivity contribution in [2.24, 2.45) is 11.8 Å². The van der Waals surface area contributed by atoms with Crippen LogP contribution in [0.1, 0.15) is 48.9 Å². The van der Waals surface area contributed by atoms with Gasteiger partial charge in [0.1, 0.15) is 0 Å². The van der Waals surface area contributed by atoms with Crippen LogP contribution >= 0.6 is 0 Å². The van der Waals surface area contributed by atoms with Crippen molar-refractivity contribution in [1.82, 2.24) is 5.32 Å². The van der Waals surface area contributed by atoms with Gasteiger partial charge in [0, 0.05) is 24.4 Å². The second-order valence-corrected chi connectivity index (χ2v) is 7.25. The van der Waals surface area contributed by atoms with Crippen LogP contribution in [0.3, 0.4) is 0 Å². The summed E-state index contributed by atoms with van der Waals surface area (Å²) < 4.78 is 5.48. The molecule has 2 aliphatic rings. The molecule has 0 spiro atoms. The maximum absolute atomic E-state index is 12.5. The summed E-state index contributed by atoms with van der Waals surface area (Å²) in [5.41, 5.74) is 1.07. The van der Waals surface area contributed by atoms with Crippen LogP contribution in [0.15, 0.2) is 24.3 Å². The number of ether oxygens (including phenoxy) is 1. The molecule has 2 amide bonds. The predicted molar refractivity (Wildman–Crippen MR) is 99.5 cm³/mol. The number of carboxylic acid groups (broad SMARTS) is 1. The average Bonchev–Trinajstić information content (AvgIpc) is 3.20. The highest BCUT2D eigenvalue weighted by Crippen LogP contribution is 2.31. The van der Waals surface area contributed by atoms with Crippen LogP contribution in [0.4, 0.5) is 5.69 Å². The van der Waals surface area contributed by atoms with Crippen LogP contribution in [0, 0.1) is 11.8 Å². The molecule has 7 heteroatoms. The zero-order valence-corrected chi connectivity index (χ0v) is 15.3. The fraction of sp³-hybridized carbons (Fsp3) is 0.550. The summed E-state index contributed by atoms with van der Waals surface area (Å²) in [5, 5.41) is 15.0. The predicted octanol–water partition coefficient (Wildman–Crippen LogP) is 2.42. The lowest BCUT2D eigenvalue weighted by Crippen LogP contribution is -2.36. The Kier molecular flexibility index (Phi) is 6.45. The van der Waals surface area contributed by atoms with Crippen LogP contribution in [0.5, 0.6) is 0 Å². The lowest BCUT2D eigenvalue weighted by atomic mass is 9.78. The Balaban J connectivity index is 1.54. The van der Waals surface area contributed by atoms with Crippen LogP contribution in [-0.2, 0) is 14.3 Å². The van der Waals surface area contributed by atoms with E-state index < -0.39 is 17.8 Å². The molecule has 7 nitrogen and oxygen atoms in total. The molecule has 1 heterocycles. The summed E-state index contributed by atoms with van der Waals surface area (Å²) in [7, 11) is 0. The molecule has 146 valence electrons. The maximum Gasteiger partial charge on any atom is 0.307 e. The minimum Gasteiger partial charge on any atom is -0.481 e. The largest absolute Gasteiger partial charge is 0.481 e. The van der Waals surface area contributed by atoms with E-state index in [4.69, 9.17) is 4.74 Å². The smallest absolute Gasteiger partial charge is 0.307 e. The Morgan fingerprint density at radius 2 is 1.70 bits per heavy atom. The summed E-state index contributed by atoms with van der Waals surface area (Å²) in [5.74, 6) is -2.49. The number of nitrogens with one attached hydrogen (secondary N) is 2. The highest BCUT2D eigenvalue weighted by Gasteiger charge is 2.35. The summed E-state index contributed by atoms with van der Waals surface area (Å²) in [6.07, 6.45) is 4.92. The van der Waals surface area contributed by atoms with Crippen molar-refractivity contribution in [3.8, 4) is 0 Å². The monoisotopic (exact) mass is 374 g/mol. The van der Waals surface area contributed by atoms with E-state index in [1.165, 1.54) is 0 Å². The number of hydrogen-bond acceptors (Lipinski definition) is 4.